The molecule has 2 unspecified atom stereocenters. The second-order valence-electron chi connectivity index (χ2n) is 4.94. The number of rotatable bonds is 4. The van der Waals surface area contributed by atoms with Crippen molar-refractivity contribution in [2.75, 3.05) is 12.4 Å². The molecule has 2 atom stereocenters. The molecule has 1 aromatic rings. The van der Waals surface area contributed by atoms with Gasteiger partial charge in [0.1, 0.15) is 5.82 Å². The minimum atomic E-state index is -0.592. The molecule has 0 aliphatic heterocycles. The molecule has 0 radical (unpaired) electrons. The maximum atomic E-state index is 13.6. The zero-order valence-electron chi connectivity index (χ0n) is 10.5. The Kier molecular flexibility index (Phi) is 5.06. The highest BCUT2D eigenvalue weighted by Crippen LogP contribution is 2.32. The van der Waals surface area contributed by atoms with E-state index in [-0.39, 0.29) is 10.6 Å². The summed E-state index contributed by atoms with van der Waals surface area (Å²) >= 11 is 11.5. The van der Waals surface area contributed by atoms with Gasteiger partial charge < -0.3 is 5.32 Å². The van der Waals surface area contributed by atoms with E-state index in [9.17, 15) is 9.18 Å². The Labute approximate surface area is 122 Å². The molecule has 1 N–H and O–H groups in total. The van der Waals surface area contributed by atoms with Crippen molar-refractivity contribution in [1.29, 1.82) is 0 Å². The van der Waals surface area contributed by atoms with Gasteiger partial charge in [-0.1, -0.05) is 18.0 Å². The third-order valence-corrected chi connectivity index (χ3v) is 4.35. The monoisotopic (exact) mass is 303 g/mol. The van der Waals surface area contributed by atoms with Gasteiger partial charge in [-0.15, -0.1) is 11.6 Å². The van der Waals surface area contributed by atoms with E-state index in [4.69, 9.17) is 23.2 Å². The summed E-state index contributed by atoms with van der Waals surface area (Å²) in [6.45, 7) is 0.554. The van der Waals surface area contributed by atoms with Crippen LogP contribution in [-0.4, -0.2) is 18.3 Å². The van der Waals surface area contributed by atoms with E-state index in [1.54, 1.807) is 0 Å². The summed E-state index contributed by atoms with van der Waals surface area (Å²) < 4.78 is 13.6. The first-order valence-corrected chi connectivity index (χ1v) is 7.32. The first-order chi connectivity index (χ1) is 9.11. The van der Waals surface area contributed by atoms with Crippen LogP contribution in [0.15, 0.2) is 18.2 Å². The van der Waals surface area contributed by atoms with Crippen molar-refractivity contribution in [2.45, 2.75) is 19.3 Å². The van der Waals surface area contributed by atoms with Crippen LogP contribution in [0.25, 0.3) is 0 Å². The van der Waals surface area contributed by atoms with Gasteiger partial charge in [0.25, 0.3) is 5.91 Å². The summed E-state index contributed by atoms with van der Waals surface area (Å²) in [6, 6.07) is 4.06. The predicted molar refractivity (Wildman–Crippen MR) is 75.3 cm³/mol. The fourth-order valence-electron chi connectivity index (χ4n) is 2.58. The molecule has 19 heavy (non-hydrogen) atoms. The van der Waals surface area contributed by atoms with E-state index in [1.807, 2.05) is 0 Å². The number of nitrogens with one attached hydrogen (secondary N) is 1. The second kappa shape index (κ2) is 6.58. The number of carbonyl (C=O) groups excluding carboxylic acids is 1. The van der Waals surface area contributed by atoms with Gasteiger partial charge in [0.2, 0.25) is 0 Å². The maximum Gasteiger partial charge on any atom is 0.254 e. The van der Waals surface area contributed by atoms with Crippen LogP contribution >= 0.6 is 23.2 Å². The van der Waals surface area contributed by atoms with Crippen molar-refractivity contribution in [3.05, 3.63) is 34.6 Å². The Morgan fingerprint density at radius 2 is 2.11 bits per heavy atom. The van der Waals surface area contributed by atoms with Crippen LogP contribution in [0, 0.1) is 17.7 Å². The summed E-state index contributed by atoms with van der Waals surface area (Å²) in [5.74, 6) is 0.490. The van der Waals surface area contributed by atoms with Crippen molar-refractivity contribution in [1.82, 2.24) is 5.32 Å². The van der Waals surface area contributed by atoms with Crippen LogP contribution in [0.3, 0.4) is 0 Å². The van der Waals surface area contributed by atoms with Gasteiger partial charge in [0, 0.05) is 17.4 Å². The number of hydrogen-bond donors (Lipinski definition) is 1. The van der Waals surface area contributed by atoms with Crippen molar-refractivity contribution in [2.24, 2.45) is 11.8 Å². The third-order valence-electron chi connectivity index (χ3n) is 3.72. The fraction of sp³-hybridized carbons (Fsp3) is 0.500. The lowest BCUT2D eigenvalue weighted by atomic mass is 9.98. The average Bonchev–Trinajstić information content (AvgIpc) is 2.83. The molecule has 1 saturated carbocycles. The van der Waals surface area contributed by atoms with Gasteiger partial charge >= 0.3 is 0 Å². The van der Waals surface area contributed by atoms with Gasteiger partial charge in [-0.3, -0.25) is 4.79 Å². The first-order valence-electron chi connectivity index (χ1n) is 6.41. The normalized spacial score (nSPS) is 22.5. The molecule has 1 fully saturated rings. The minimum Gasteiger partial charge on any atom is -0.352 e. The fourth-order valence-corrected chi connectivity index (χ4v) is 3.14. The number of hydrogen-bond acceptors (Lipinski definition) is 1. The molecule has 104 valence electrons. The molecule has 2 rings (SSSR count). The van der Waals surface area contributed by atoms with Crippen LogP contribution in [0.2, 0.25) is 5.02 Å². The highest BCUT2D eigenvalue weighted by atomic mass is 35.5. The van der Waals surface area contributed by atoms with Gasteiger partial charge in [0.15, 0.2) is 0 Å². The topological polar surface area (TPSA) is 29.1 Å². The highest BCUT2D eigenvalue weighted by molar-refractivity contribution is 6.30. The predicted octanol–water partition coefficient (Wildman–Crippen LogP) is 3.86. The van der Waals surface area contributed by atoms with Gasteiger partial charge in [-0.2, -0.15) is 0 Å². The Morgan fingerprint density at radius 3 is 2.79 bits per heavy atom. The lowest BCUT2D eigenvalue weighted by molar-refractivity contribution is 0.0940. The van der Waals surface area contributed by atoms with Crippen LogP contribution in [0.5, 0.6) is 0 Å². The molecule has 0 heterocycles. The molecule has 1 aromatic carbocycles. The lowest BCUT2D eigenvalue weighted by Crippen LogP contribution is -2.31. The number of benzene rings is 1. The smallest absolute Gasteiger partial charge is 0.254 e. The molecular weight excluding hydrogens is 288 g/mol. The van der Waals surface area contributed by atoms with Crippen molar-refractivity contribution in [3.8, 4) is 0 Å². The third kappa shape index (κ3) is 3.61. The Balaban J connectivity index is 1.94. The maximum absolute atomic E-state index is 13.6. The molecule has 0 bridgehead atoms. The Bertz CT molecular complexity index is 467. The van der Waals surface area contributed by atoms with Crippen molar-refractivity contribution in [3.63, 3.8) is 0 Å². The second-order valence-corrected chi connectivity index (χ2v) is 5.68. The minimum absolute atomic E-state index is 0.0322. The van der Waals surface area contributed by atoms with Gasteiger partial charge in [-0.05, 0) is 42.9 Å². The van der Waals surface area contributed by atoms with Crippen LogP contribution in [0.4, 0.5) is 4.39 Å². The van der Waals surface area contributed by atoms with Crippen LogP contribution in [0.1, 0.15) is 29.6 Å². The van der Waals surface area contributed by atoms with Crippen molar-refractivity contribution < 1.29 is 9.18 Å². The van der Waals surface area contributed by atoms with Crippen molar-refractivity contribution >= 4 is 29.1 Å². The summed E-state index contributed by atoms with van der Waals surface area (Å²) in [4.78, 5) is 11.9. The average molecular weight is 304 g/mol. The van der Waals surface area contributed by atoms with E-state index in [1.165, 1.54) is 12.1 Å². The SMILES string of the molecule is O=C(NCC1CCCC1CCl)c1ccc(Cl)cc1F. The molecule has 0 aromatic heterocycles. The van der Waals surface area contributed by atoms with Crippen LogP contribution < -0.4 is 5.32 Å². The highest BCUT2D eigenvalue weighted by Gasteiger charge is 2.27. The standard InChI is InChI=1S/C14H16Cl2FNO/c15-7-9-2-1-3-10(9)8-18-14(19)12-5-4-11(16)6-13(12)17/h4-6,9-10H,1-3,7-8H2,(H,18,19). The number of alkyl halides is 1. The molecule has 1 amide bonds. The van der Waals surface area contributed by atoms with Gasteiger partial charge in [0.05, 0.1) is 5.56 Å². The van der Waals surface area contributed by atoms with E-state index < -0.39 is 11.7 Å². The first kappa shape index (κ1) is 14.6. The quantitative estimate of drug-likeness (QED) is 0.841. The number of amides is 1. The summed E-state index contributed by atoms with van der Waals surface area (Å²) in [7, 11) is 0. The Hall–Kier alpha value is -0.800. The largest absolute Gasteiger partial charge is 0.352 e. The zero-order chi connectivity index (χ0) is 13.8. The van der Waals surface area contributed by atoms with E-state index in [0.29, 0.717) is 24.3 Å². The number of carbonyl (C=O) groups is 1. The number of halogens is 3. The Morgan fingerprint density at radius 1 is 1.37 bits per heavy atom. The van der Waals surface area contributed by atoms with E-state index >= 15 is 0 Å². The molecule has 2 nitrogen and oxygen atoms in total. The summed E-state index contributed by atoms with van der Waals surface area (Å²) in [5.41, 5.74) is 0.0322. The van der Waals surface area contributed by atoms with E-state index in [0.717, 1.165) is 25.3 Å². The summed E-state index contributed by atoms with van der Waals surface area (Å²) in [6.07, 6.45) is 3.33. The molecule has 1 aliphatic carbocycles. The zero-order valence-corrected chi connectivity index (χ0v) is 12.0. The molecule has 0 spiro atoms. The van der Waals surface area contributed by atoms with Crippen LogP contribution in [-0.2, 0) is 0 Å². The molecule has 0 saturated heterocycles. The van der Waals surface area contributed by atoms with E-state index in [2.05, 4.69) is 5.32 Å². The lowest BCUT2D eigenvalue weighted by Gasteiger charge is -2.17. The molecule has 1 aliphatic rings. The van der Waals surface area contributed by atoms with Gasteiger partial charge in [-0.25, -0.2) is 4.39 Å². The molecular formula is C14H16Cl2FNO. The summed E-state index contributed by atoms with van der Waals surface area (Å²) in [5, 5.41) is 3.07. The molecule has 5 heteroatoms.